The van der Waals surface area contributed by atoms with Gasteiger partial charge in [0.15, 0.2) is 0 Å². The van der Waals surface area contributed by atoms with E-state index in [0.29, 0.717) is 19.6 Å². The van der Waals surface area contributed by atoms with Gasteiger partial charge in [-0.25, -0.2) is 0 Å². The van der Waals surface area contributed by atoms with E-state index in [1.807, 2.05) is 6.92 Å². The van der Waals surface area contributed by atoms with E-state index in [9.17, 15) is 4.79 Å². The summed E-state index contributed by atoms with van der Waals surface area (Å²) in [6.07, 6.45) is 3.66. The molecule has 0 fully saturated rings. The first-order valence-electron chi connectivity index (χ1n) is 6.08. The Balaban J connectivity index is 3.57. The van der Waals surface area contributed by atoms with Gasteiger partial charge in [0.25, 0.3) is 0 Å². The zero-order valence-electron chi connectivity index (χ0n) is 10.8. The Labute approximate surface area is 98.5 Å². The SMILES string of the molecule is CCCCOCCOC(=O)C(C)(N)CCC. The molecule has 0 heterocycles. The van der Waals surface area contributed by atoms with Crippen molar-refractivity contribution < 1.29 is 14.3 Å². The smallest absolute Gasteiger partial charge is 0.325 e. The van der Waals surface area contributed by atoms with Crippen molar-refractivity contribution in [3.05, 3.63) is 0 Å². The molecule has 0 rings (SSSR count). The van der Waals surface area contributed by atoms with Crippen LogP contribution in [0.4, 0.5) is 0 Å². The van der Waals surface area contributed by atoms with Gasteiger partial charge in [0.05, 0.1) is 6.61 Å². The molecular formula is C12H25NO3. The fourth-order valence-electron chi connectivity index (χ4n) is 1.33. The van der Waals surface area contributed by atoms with Gasteiger partial charge in [-0.1, -0.05) is 26.7 Å². The van der Waals surface area contributed by atoms with Crippen LogP contribution in [0, 0.1) is 0 Å². The van der Waals surface area contributed by atoms with E-state index in [2.05, 4.69) is 6.92 Å². The van der Waals surface area contributed by atoms with Crippen molar-refractivity contribution in [3.63, 3.8) is 0 Å². The van der Waals surface area contributed by atoms with Crippen molar-refractivity contribution in [2.45, 2.75) is 52.0 Å². The first-order valence-corrected chi connectivity index (χ1v) is 6.08. The molecule has 0 amide bonds. The molecule has 0 aliphatic rings. The van der Waals surface area contributed by atoms with Crippen LogP contribution in [-0.2, 0) is 14.3 Å². The van der Waals surface area contributed by atoms with Crippen LogP contribution < -0.4 is 5.73 Å². The first-order chi connectivity index (χ1) is 7.54. The molecule has 0 spiro atoms. The Kier molecular flexibility index (Phi) is 8.21. The summed E-state index contributed by atoms with van der Waals surface area (Å²) in [4.78, 5) is 11.5. The van der Waals surface area contributed by atoms with Crippen molar-refractivity contribution in [1.29, 1.82) is 0 Å². The third kappa shape index (κ3) is 6.80. The van der Waals surface area contributed by atoms with E-state index >= 15 is 0 Å². The highest BCUT2D eigenvalue weighted by Gasteiger charge is 2.28. The highest BCUT2D eigenvalue weighted by Crippen LogP contribution is 2.10. The predicted molar refractivity (Wildman–Crippen MR) is 64.2 cm³/mol. The van der Waals surface area contributed by atoms with Gasteiger partial charge in [-0.15, -0.1) is 0 Å². The number of hydrogen-bond acceptors (Lipinski definition) is 4. The Morgan fingerprint density at radius 2 is 1.88 bits per heavy atom. The standard InChI is InChI=1S/C12H25NO3/c1-4-6-8-15-9-10-16-11(14)12(3,13)7-5-2/h4-10,13H2,1-3H3. The Hall–Kier alpha value is -0.610. The van der Waals surface area contributed by atoms with E-state index in [-0.39, 0.29) is 5.97 Å². The average molecular weight is 231 g/mol. The molecule has 0 saturated heterocycles. The van der Waals surface area contributed by atoms with Gasteiger partial charge in [-0.2, -0.15) is 0 Å². The summed E-state index contributed by atoms with van der Waals surface area (Å²) in [5.41, 5.74) is 4.95. The molecule has 4 nitrogen and oxygen atoms in total. The second-order valence-corrected chi connectivity index (χ2v) is 4.27. The zero-order chi connectivity index (χ0) is 12.4. The summed E-state index contributed by atoms with van der Waals surface area (Å²) in [5, 5.41) is 0. The minimum atomic E-state index is -0.863. The van der Waals surface area contributed by atoms with Crippen molar-refractivity contribution in [1.82, 2.24) is 0 Å². The van der Waals surface area contributed by atoms with Crippen LogP contribution in [0.1, 0.15) is 46.5 Å². The molecule has 4 heteroatoms. The second kappa shape index (κ2) is 8.53. The van der Waals surface area contributed by atoms with Crippen LogP contribution in [0.5, 0.6) is 0 Å². The molecule has 0 saturated carbocycles. The van der Waals surface area contributed by atoms with Gasteiger partial charge in [0.2, 0.25) is 0 Å². The third-order valence-electron chi connectivity index (χ3n) is 2.34. The maximum Gasteiger partial charge on any atom is 0.325 e. The number of esters is 1. The zero-order valence-corrected chi connectivity index (χ0v) is 10.8. The molecule has 0 aliphatic carbocycles. The van der Waals surface area contributed by atoms with Crippen LogP contribution in [0.3, 0.4) is 0 Å². The van der Waals surface area contributed by atoms with E-state index in [4.69, 9.17) is 15.2 Å². The lowest BCUT2D eigenvalue weighted by molar-refractivity contribution is -0.151. The van der Waals surface area contributed by atoms with Gasteiger partial charge in [0.1, 0.15) is 12.1 Å². The van der Waals surface area contributed by atoms with Gasteiger partial charge in [-0.3, -0.25) is 4.79 Å². The molecule has 96 valence electrons. The van der Waals surface area contributed by atoms with Crippen LogP contribution in [-0.4, -0.2) is 31.3 Å². The number of hydrogen-bond donors (Lipinski definition) is 1. The summed E-state index contributed by atoms with van der Waals surface area (Å²) >= 11 is 0. The Morgan fingerprint density at radius 3 is 2.44 bits per heavy atom. The Bertz CT molecular complexity index is 193. The van der Waals surface area contributed by atoms with Crippen molar-refractivity contribution >= 4 is 5.97 Å². The summed E-state index contributed by atoms with van der Waals surface area (Å²) < 4.78 is 10.3. The van der Waals surface area contributed by atoms with Crippen LogP contribution in [0.25, 0.3) is 0 Å². The van der Waals surface area contributed by atoms with E-state index in [1.54, 1.807) is 6.92 Å². The fourth-order valence-corrected chi connectivity index (χ4v) is 1.33. The van der Waals surface area contributed by atoms with Crippen molar-refractivity contribution in [3.8, 4) is 0 Å². The number of ether oxygens (including phenoxy) is 2. The normalized spacial score (nSPS) is 14.5. The number of carbonyl (C=O) groups excluding carboxylic acids is 1. The first kappa shape index (κ1) is 15.4. The molecule has 16 heavy (non-hydrogen) atoms. The van der Waals surface area contributed by atoms with Crippen molar-refractivity contribution in [2.75, 3.05) is 19.8 Å². The highest BCUT2D eigenvalue weighted by atomic mass is 16.6. The summed E-state index contributed by atoms with van der Waals surface area (Å²) in [7, 11) is 0. The summed E-state index contributed by atoms with van der Waals surface area (Å²) in [5.74, 6) is -0.339. The molecule has 0 aromatic heterocycles. The molecule has 0 bridgehead atoms. The van der Waals surface area contributed by atoms with Crippen LogP contribution >= 0.6 is 0 Å². The van der Waals surface area contributed by atoms with E-state index < -0.39 is 5.54 Å². The summed E-state index contributed by atoms with van der Waals surface area (Å²) in [6.45, 7) is 7.27. The van der Waals surface area contributed by atoms with Gasteiger partial charge in [0, 0.05) is 6.61 Å². The average Bonchev–Trinajstić information content (AvgIpc) is 2.22. The number of nitrogens with two attached hydrogens (primary N) is 1. The maximum atomic E-state index is 11.5. The van der Waals surface area contributed by atoms with Gasteiger partial charge < -0.3 is 15.2 Å². The lowest BCUT2D eigenvalue weighted by Crippen LogP contribution is -2.46. The number of rotatable bonds is 9. The van der Waals surface area contributed by atoms with E-state index in [0.717, 1.165) is 25.9 Å². The molecule has 0 aliphatic heterocycles. The molecule has 2 N–H and O–H groups in total. The van der Waals surface area contributed by atoms with E-state index in [1.165, 1.54) is 0 Å². The molecular weight excluding hydrogens is 206 g/mol. The quantitative estimate of drug-likeness (QED) is 0.486. The van der Waals surface area contributed by atoms with Gasteiger partial charge >= 0.3 is 5.97 Å². The largest absolute Gasteiger partial charge is 0.462 e. The van der Waals surface area contributed by atoms with Gasteiger partial charge in [-0.05, 0) is 19.8 Å². The minimum absolute atomic E-state index is 0.291. The molecule has 0 aromatic carbocycles. The molecule has 0 aromatic rings. The second-order valence-electron chi connectivity index (χ2n) is 4.27. The number of unbranched alkanes of at least 4 members (excludes halogenated alkanes) is 1. The molecule has 0 radical (unpaired) electrons. The fraction of sp³-hybridized carbons (Fsp3) is 0.917. The lowest BCUT2D eigenvalue weighted by Gasteiger charge is -2.21. The number of carbonyl (C=O) groups is 1. The van der Waals surface area contributed by atoms with Crippen LogP contribution in [0.2, 0.25) is 0 Å². The van der Waals surface area contributed by atoms with Crippen LogP contribution in [0.15, 0.2) is 0 Å². The van der Waals surface area contributed by atoms with Crippen molar-refractivity contribution in [2.24, 2.45) is 5.73 Å². The topological polar surface area (TPSA) is 61.5 Å². The monoisotopic (exact) mass is 231 g/mol. The summed E-state index contributed by atoms with van der Waals surface area (Å²) in [6, 6.07) is 0. The maximum absolute atomic E-state index is 11.5. The predicted octanol–water partition coefficient (Wildman–Crippen LogP) is 1.86. The minimum Gasteiger partial charge on any atom is -0.462 e. The highest BCUT2D eigenvalue weighted by molar-refractivity contribution is 5.79. The Morgan fingerprint density at radius 1 is 1.19 bits per heavy atom. The molecule has 1 unspecified atom stereocenters. The third-order valence-corrected chi connectivity index (χ3v) is 2.34. The lowest BCUT2D eigenvalue weighted by atomic mass is 9.98. The molecule has 1 atom stereocenters.